The van der Waals surface area contributed by atoms with Crippen LogP contribution in [0.3, 0.4) is 0 Å². The van der Waals surface area contributed by atoms with Crippen molar-refractivity contribution in [2.75, 3.05) is 5.32 Å². The second-order valence-corrected chi connectivity index (χ2v) is 10.6. The first kappa shape index (κ1) is 23.2. The fourth-order valence-corrected chi connectivity index (χ4v) is 4.51. The molecule has 34 heavy (non-hydrogen) atoms. The number of carbonyl (C=O) groups excluding carboxylic acids is 1. The Morgan fingerprint density at radius 2 is 1.79 bits per heavy atom. The van der Waals surface area contributed by atoms with E-state index in [0.29, 0.717) is 11.4 Å². The molecule has 0 aliphatic heterocycles. The van der Waals surface area contributed by atoms with E-state index in [1.165, 1.54) is 0 Å². The predicted octanol–water partition coefficient (Wildman–Crippen LogP) is 5.48. The number of amides is 1. The third-order valence-electron chi connectivity index (χ3n) is 4.94. The second-order valence-electron chi connectivity index (χ2n) is 8.74. The van der Waals surface area contributed by atoms with Gasteiger partial charge in [-0.1, -0.05) is 63.2 Å². The lowest BCUT2D eigenvalue weighted by molar-refractivity contribution is -0.115. The Kier molecular flexibility index (Phi) is 6.75. The van der Waals surface area contributed by atoms with Gasteiger partial charge in [0.1, 0.15) is 0 Å². The minimum absolute atomic E-state index is 0.0311. The van der Waals surface area contributed by atoms with Gasteiger partial charge in [-0.15, -0.1) is 22.0 Å². The molecule has 0 unspecified atom stereocenters. The van der Waals surface area contributed by atoms with E-state index in [-0.39, 0.29) is 17.1 Å². The van der Waals surface area contributed by atoms with Gasteiger partial charge in [0, 0.05) is 15.2 Å². The van der Waals surface area contributed by atoms with Gasteiger partial charge in [0.2, 0.25) is 11.7 Å². The second kappa shape index (κ2) is 9.89. The first-order chi connectivity index (χ1) is 16.3. The van der Waals surface area contributed by atoms with E-state index >= 15 is 0 Å². The third kappa shape index (κ3) is 5.69. The zero-order valence-corrected chi connectivity index (χ0v) is 20.0. The molecule has 1 aromatic heterocycles. The average Bonchev–Trinajstić information content (AvgIpc) is 3.35. The maximum Gasteiger partial charge on any atom is 0.228 e. The number of H-pyrrole nitrogens is 1. The molecule has 0 radical (unpaired) electrons. The summed E-state index contributed by atoms with van der Waals surface area (Å²) in [6.45, 7) is 6.42. The van der Waals surface area contributed by atoms with Crippen molar-refractivity contribution in [2.45, 2.75) is 36.8 Å². The van der Waals surface area contributed by atoms with Gasteiger partial charge >= 0.3 is 0 Å². The Morgan fingerprint density at radius 1 is 1.06 bits per heavy atom. The molecule has 8 heteroatoms. The number of aromatic amines is 1. The van der Waals surface area contributed by atoms with E-state index in [2.05, 4.69) is 52.8 Å². The first-order valence-corrected chi connectivity index (χ1v) is 11.6. The van der Waals surface area contributed by atoms with Crippen LogP contribution in [0.15, 0.2) is 71.6 Å². The minimum atomic E-state index is -0.121. The Balaban J connectivity index is 1.67. The van der Waals surface area contributed by atoms with Crippen LogP contribution in [-0.4, -0.2) is 31.3 Å². The van der Waals surface area contributed by atoms with Crippen molar-refractivity contribution in [3.63, 3.8) is 0 Å². The van der Waals surface area contributed by atoms with Crippen molar-refractivity contribution >= 4 is 23.4 Å². The van der Waals surface area contributed by atoms with Gasteiger partial charge < -0.3 is 5.32 Å². The van der Waals surface area contributed by atoms with Crippen LogP contribution in [0.25, 0.3) is 22.5 Å². The van der Waals surface area contributed by atoms with Crippen molar-refractivity contribution in [1.29, 1.82) is 5.26 Å². The quantitative estimate of drug-likeness (QED) is 0.363. The van der Waals surface area contributed by atoms with E-state index in [9.17, 15) is 4.79 Å². The van der Waals surface area contributed by atoms with Gasteiger partial charge in [-0.25, -0.2) is 0 Å². The van der Waals surface area contributed by atoms with Crippen LogP contribution in [0.1, 0.15) is 31.9 Å². The number of hydrogen-bond acceptors (Lipinski definition) is 6. The van der Waals surface area contributed by atoms with Gasteiger partial charge in [0.25, 0.3) is 0 Å². The highest BCUT2D eigenvalue weighted by Crippen LogP contribution is 2.40. The van der Waals surface area contributed by atoms with Crippen LogP contribution in [0, 0.1) is 11.3 Å². The van der Waals surface area contributed by atoms with Crippen LogP contribution in [-0.2, 0) is 11.2 Å². The summed E-state index contributed by atoms with van der Waals surface area (Å²) in [5, 5.41) is 26.5. The van der Waals surface area contributed by atoms with Gasteiger partial charge in [-0.2, -0.15) is 10.5 Å². The molecule has 0 spiro atoms. The number of carbonyl (C=O) groups is 1. The number of hydrogen-bond donors (Lipinski definition) is 2. The molecule has 1 amide bonds. The number of anilines is 1. The lowest BCUT2D eigenvalue weighted by Gasteiger charge is -2.21. The Morgan fingerprint density at radius 3 is 2.44 bits per heavy atom. The monoisotopic (exact) mass is 468 g/mol. The minimum Gasteiger partial charge on any atom is -0.325 e. The predicted molar refractivity (Wildman–Crippen MR) is 134 cm³/mol. The fraction of sp³-hybridized carbons (Fsp3) is 0.192. The molecule has 4 rings (SSSR count). The van der Waals surface area contributed by atoms with Crippen LogP contribution in [0.5, 0.6) is 0 Å². The summed E-state index contributed by atoms with van der Waals surface area (Å²) < 4.78 is -0.0311. The molecule has 0 saturated heterocycles. The van der Waals surface area contributed by atoms with Crippen molar-refractivity contribution < 1.29 is 4.79 Å². The first-order valence-electron chi connectivity index (χ1n) is 10.8. The normalized spacial score (nSPS) is 11.1. The third-order valence-corrected chi connectivity index (χ3v) is 6.13. The zero-order chi connectivity index (χ0) is 24.1. The highest BCUT2D eigenvalue weighted by atomic mass is 32.2. The molecule has 4 aromatic rings. The molecule has 0 bridgehead atoms. The maximum absolute atomic E-state index is 12.9. The summed E-state index contributed by atoms with van der Waals surface area (Å²) in [7, 11) is 0. The summed E-state index contributed by atoms with van der Waals surface area (Å²) >= 11 is 1.70. The zero-order valence-electron chi connectivity index (χ0n) is 19.2. The van der Waals surface area contributed by atoms with Crippen molar-refractivity contribution in [3.8, 4) is 28.6 Å². The number of nitriles is 1. The van der Waals surface area contributed by atoms with E-state index in [1.54, 1.807) is 36.0 Å². The van der Waals surface area contributed by atoms with Crippen molar-refractivity contribution in [3.05, 3.63) is 77.9 Å². The molecule has 1 heterocycles. The summed E-state index contributed by atoms with van der Waals surface area (Å²) in [6, 6.07) is 23.1. The lowest BCUT2D eigenvalue weighted by Crippen LogP contribution is -2.16. The van der Waals surface area contributed by atoms with E-state index < -0.39 is 0 Å². The molecule has 0 atom stereocenters. The lowest BCUT2D eigenvalue weighted by atomic mass is 9.99. The smallest absolute Gasteiger partial charge is 0.228 e. The molecule has 0 fully saturated rings. The standard InChI is InChI=1S/C26H24N6OS/c1-26(2,3)34-23-13-12-19(20-6-4-5-7-21(20)25-29-31-32-30-25)15-22(23)28-24(33)14-17-8-10-18(16-27)11-9-17/h4-13,15H,14H2,1-3H3,(H,28,33)(H,29,30,31,32). The highest BCUT2D eigenvalue weighted by molar-refractivity contribution is 8.00. The molecular weight excluding hydrogens is 444 g/mol. The molecular formula is C26H24N6OS. The molecule has 0 aliphatic carbocycles. The van der Waals surface area contributed by atoms with Crippen LogP contribution < -0.4 is 5.32 Å². The summed E-state index contributed by atoms with van der Waals surface area (Å²) in [6.07, 6.45) is 0.217. The summed E-state index contributed by atoms with van der Waals surface area (Å²) in [5.74, 6) is 0.388. The molecule has 0 aliphatic rings. The van der Waals surface area contributed by atoms with Crippen LogP contribution >= 0.6 is 11.8 Å². The number of rotatable bonds is 6. The molecule has 2 N–H and O–H groups in total. The van der Waals surface area contributed by atoms with Crippen LogP contribution in [0.2, 0.25) is 0 Å². The largest absolute Gasteiger partial charge is 0.325 e. The summed E-state index contributed by atoms with van der Waals surface area (Å²) in [5.41, 5.74) is 4.90. The SMILES string of the molecule is CC(C)(C)Sc1ccc(-c2ccccc2-c2nn[nH]n2)cc1NC(=O)Cc1ccc(C#N)cc1. The number of nitrogens with zero attached hydrogens (tertiary/aromatic N) is 4. The Labute approximate surface area is 202 Å². The molecule has 7 nitrogen and oxygen atoms in total. The van der Waals surface area contributed by atoms with E-state index in [0.717, 1.165) is 32.8 Å². The van der Waals surface area contributed by atoms with Crippen molar-refractivity contribution in [1.82, 2.24) is 20.6 Å². The Hall–Kier alpha value is -3.96. The molecule has 170 valence electrons. The number of benzene rings is 3. The van der Waals surface area contributed by atoms with Gasteiger partial charge in [-0.05, 0) is 46.2 Å². The van der Waals surface area contributed by atoms with Gasteiger partial charge in [0.15, 0.2) is 0 Å². The van der Waals surface area contributed by atoms with E-state index in [1.807, 2.05) is 42.5 Å². The van der Waals surface area contributed by atoms with Crippen LogP contribution in [0.4, 0.5) is 5.69 Å². The van der Waals surface area contributed by atoms with E-state index in [4.69, 9.17) is 5.26 Å². The topological polar surface area (TPSA) is 107 Å². The van der Waals surface area contributed by atoms with Crippen molar-refractivity contribution in [2.24, 2.45) is 0 Å². The molecule has 0 saturated carbocycles. The fourth-order valence-electron chi connectivity index (χ4n) is 3.50. The summed E-state index contributed by atoms with van der Waals surface area (Å²) in [4.78, 5) is 13.9. The number of tetrazole rings is 1. The van der Waals surface area contributed by atoms with Gasteiger partial charge in [0.05, 0.1) is 23.7 Å². The number of aromatic nitrogens is 4. The maximum atomic E-state index is 12.9. The Bertz CT molecular complexity index is 1340. The number of thioether (sulfide) groups is 1. The number of nitrogens with one attached hydrogen (secondary N) is 2. The molecule has 3 aromatic carbocycles. The average molecular weight is 469 g/mol. The van der Waals surface area contributed by atoms with Gasteiger partial charge in [-0.3, -0.25) is 4.79 Å². The highest BCUT2D eigenvalue weighted by Gasteiger charge is 2.18.